The Morgan fingerprint density at radius 1 is 1.06 bits per heavy atom. The van der Waals surface area contributed by atoms with E-state index in [9.17, 15) is 14.4 Å². The number of hydrogen-bond donors (Lipinski definition) is 2. The van der Waals surface area contributed by atoms with E-state index in [1.54, 1.807) is 30.3 Å². The van der Waals surface area contributed by atoms with Gasteiger partial charge in [-0.25, -0.2) is 9.78 Å². The standard InChI is InChI=1S/C24H27N5O5/c1-33-11-3-9-28-14-16-4-6-19(12-17(16)15-28)34-20-7-5-18(13-25-20)29-10-2-8-24(29)21(30)26-23(32)27-22(24)31/h4-7,12-13H,2-3,8-11,14-15H2,1H3,(H2,26,27,30,31,32). The van der Waals surface area contributed by atoms with Crippen LogP contribution in [0.3, 0.4) is 0 Å². The monoisotopic (exact) mass is 465 g/mol. The van der Waals surface area contributed by atoms with Gasteiger partial charge < -0.3 is 14.4 Å². The Balaban J connectivity index is 1.27. The van der Waals surface area contributed by atoms with Gasteiger partial charge >= 0.3 is 6.03 Å². The van der Waals surface area contributed by atoms with Crippen LogP contribution in [0.1, 0.15) is 30.4 Å². The number of rotatable bonds is 7. The lowest BCUT2D eigenvalue weighted by Gasteiger charge is -2.38. The molecule has 34 heavy (non-hydrogen) atoms. The fourth-order valence-electron chi connectivity index (χ4n) is 5.00. The lowest BCUT2D eigenvalue weighted by molar-refractivity contribution is -0.137. The lowest BCUT2D eigenvalue weighted by atomic mass is 9.92. The number of carbonyl (C=O) groups excluding carboxylic acids is 3. The van der Waals surface area contributed by atoms with Crippen molar-refractivity contribution >= 4 is 23.5 Å². The van der Waals surface area contributed by atoms with Crippen LogP contribution in [0.4, 0.5) is 10.5 Å². The van der Waals surface area contributed by atoms with E-state index in [4.69, 9.17) is 9.47 Å². The van der Waals surface area contributed by atoms with Gasteiger partial charge in [0.05, 0.1) is 11.9 Å². The molecule has 2 fully saturated rings. The Kier molecular flexibility index (Phi) is 5.93. The number of pyridine rings is 1. The molecule has 4 amide bonds. The summed E-state index contributed by atoms with van der Waals surface area (Å²) in [6, 6.07) is 8.78. The van der Waals surface area contributed by atoms with Gasteiger partial charge in [0.25, 0.3) is 11.8 Å². The van der Waals surface area contributed by atoms with Crippen molar-refractivity contribution < 1.29 is 23.9 Å². The molecule has 1 spiro atoms. The molecule has 2 aromatic rings. The first kappa shape index (κ1) is 22.3. The highest BCUT2D eigenvalue weighted by Crippen LogP contribution is 2.36. The van der Waals surface area contributed by atoms with Gasteiger partial charge in [-0.15, -0.1) is 0 Å². The highest BCUT2D eigenvalue weighted by molar-refractivity contribution is 6.24. The first-order valence-electron chi connectivity index (χ1n) is 11.4. The molecule has 5 rings (SSSR count). The molecule has 0 saturated carbocycles. The first-order chi connectivity index (χ1) is 16.5. The molecule has 1 aromatic carbocycles. The normalized spacial score (nSPS) is 19.3. The van der Waals surface area contributed by atoms with Gasteiger partial charge in [0.2, 0.25) is 5.88 Å². The molecule has 0 aliphatic carbocycles. The van der Waals surface area contributed by atoms with Crippen LogP contribution >= 0.6 is 0 Å². The average molecular weight is 466 g/mol. The molecule has 178 valence electrons. The maximum absolute atomic E-state index is 12.6. The summed E-state index contributed by atoms with van der Waals surface area (Å²) in [6.45, 7) is 4.06. The van der Waals surface area contributed by atoms with Crippen LogP contribution in [0.5, 0.6) is 11.6 Å². The Bertz CT molecular complexity index is 1100. The molecule has 0 radical (unpaired) electrons. The largest absolute Gasteiger partial charge is 0.439 e. The number of imide groups is 2. The molecule has 10 nitrogen and oxygen atoms in total. The maximum Gasteiger partial charge on any atom is 0.328 e. The van der Waals surface area contributed by atoms with Crippen molar-refractivity contribution in [2.75, 3.05) is 31.7 Å². The van der Waals surface area contributed by atoms with Crippen molar-refractivity contribution in [2.24, 2.45) is 0 Å². The summed E-state index contributed by atoms with van der Waals surface area (Å²) in [5, 5.41) is 4.44. The van der Waals surface area contributed by atoms with Gasteiger partial charge in [-0.2, -0.15) is 0 Å². The predicted molar refractivity (Wildman–Crippen MR) is 122 cm³/mol. The molecule has 4 heterocycles. The van der Waals surface area contributed by atoms with Crippen LogP contribution in [0.25, 0.3) is 0 Å². The molecule has 3 aliphatic heterocycles. The molecule has 0 atom stereocenters. The molecular weight excluding hydrogens is 438 g/mol. The summed E-state index contributed by atoms with van der Waals surface area (Å²) >= 11 is 0. The van der Waals surface area contributed by atoms with Gasteiger partial charge in [0.15, 0.2) is 5.54 Å². The second kappa shape index (κ2) is 9.03. The number of amides is 4. The van der Waals surface area contributed by atoms with Crippen LogP contribution in [0.2, 0.25) is 0 Å². The zero-order valence-electron chi connectivity index (χ0n) is 19.0. The lowest BCUT2D eigenvalue weighted by Crippen LogP contribution is -2.71. The van der Waals surface area contributed by atoms with Gasteiger partial charge in [0.1, 0.15) is 5.75 Å². The van der Waals surface area contributed by atoms with Crippen molar-refractivity contribution in [3.8, 4) is 11.6 Å². The van der Waals surface area contributed by atoms with Crippen LogP contribution in [-0.2, 0) is 27.4 Å². The zero-order valence-corrected chi connectivity index (χ0v) is 19.0. The van der Waals surface area contributed by atoms with Crippen molar-refractivity contribution in [3.63, 3.8) is 0 Å². The second-order valence-corrected chi connectivity index (χ2v) is 8.80. The van der Waals surface area contributed by atoms with Gasteiger partial charge in [-0.05, 0) is 48.6 Å². The smallest absolute Gasteiger partial charge is 0.328 e. The third-order valence-electron chi connectivity index (χ3n) is 6.63. The third kappa shape index (κ3) is 3.99. The van der Waals surface area contributed by atoms with Crippen LogP contribution in [-0.4, -0.2) is 60.1 Å². The number of barbiturate groups is 1. The number of aromatic nitrogens is 1. The molecule has 1 aromatic heterocycles. The number of methoxy groups -OCH3 is 1. The van der Waals surface area contributed by atoms with E-state index in [1.807, 2.05) is 12.1 Å². The molecule has 3 aliphatic rings. The maximum atomic E-state index is 12.6. The van der Waals surface area contributed by atoms with Crippen LogP contribution < -0.4 is 20.3 Å². The number of carbonyl (C=O) groups is 3. The number of hydrogen-bond acceptors (Lipinski definition) is 8. The number of nitrogens with zero attached hydrogens (tertiary/aromatic N) is 3. The van der Waals surface area contributed by atoms with Crippen molar-refractivity contribution in [2.45, 2.75) is 37.9 Å². The second-order valence-electron chi connectivity index (χ2n) is 8.80. The summed E-state index contributed by atoms with van der Waals surface area (Å²) in [5.74, 6) is -0.0819. The van der Waals surface area contributed by atoms with Gasteiger partial charge in [-0.3, -0.25) is 25.1 Å². The summed E-state index contributed by atoms with van der Waals surface area (Å²) in [7, 11) is 1.72. The molecular formula is C24H27N5O5. The molecule has 2 N–H and O–H groups in total. The minimum atomic E-state index is -1.44. The fraction of sp³-hybridized carbons (Fsp3) is 0.417. The predicted octanol–water partition coefficient (Wildman–Crippen LogP) is 1.93. The van der Waals surface area contributed by atoms with E-state index in [1.165, 1.54) is 11.1 Å². The number of urea groups is 1. The fourth-order valence-corrected chi connectivity index (χ4v) is 5.00. The van der Waals surface area contributed by atoms with E-state index in [0.29, 0.717) is 36.7 Å². The van der Waals surface area contributed by atoms with Crippen LogP contribution in [0.15, 0.2) is 36.5 Å². The van der Waals surface area contributed by atoms with E-state index in [2.05, 4.69) is 26.6 Å². The highest BCUT2D eigenvalue weighted by atomic mass is 16.5. The van der Waals surface area contributed by atoms with Gasteiger partial charge in [-0.1, -0.05) is 6.07 Å². The van der Waals surface area contributed by atoms with Crippen molar-refractivity contribution in [1.29, 1.82) is 0 Å². The van der Waals surface area contributed by atoms with E-state index >= 15 is 0 Å². The third-order valence-corrected chi connectivity index (χ3v) is 6.63. The summed E-state index contributed by atoms with van der Waals surface area (Å²) in [6.07, 6.45) is 3.56. The minimum Gasteiger partial charge on any atom is -0.439 e. The van der Waals surface area contributed by atoms with Crippen molar-refractivity contribution in [3.05, 3.63) is 47.7 Å². The molecule has 0 unspecified atom stereocenters. The van der Waals surface area contributed by atoms with E-state index in [-0.39, 0.29) is 0 Å². The van der Waals surface area contributed by atoms with E-state index < -0.39 is 23.4 Å². The Hall–Kier alpha value is -3.50. The Morgan fingerprint density at radius 3 is 2.59 bits per heavy atom. The molecule has 2 saturated heterocycles. The summed E-state index contributed by atoms with van der Waals surface area (Å²) in [4.78, 5) is 45.3. The summed E-state index contributed by atoms with van der Waals surface area (Å²) in [5.41, 5.74) is 1.72. The average Bonchev–Trinajstić information content (AvgIpc) is 3.43. The van der Waals surface area contributed by atoms with Gasteiger partial charge in [0, 0.05) is 46.0 Å². The zero-order chi connectivity index (χ0) is 23.7. The Morgan fingerprint density at radius 2 is 1.85 bits per heavy atom. The molecule has 10 heteroatoms. The first-order valence-corrected chi connectivity index (χ1v) is 11.4. The number of fused-ring (bicyclic) bond motifs is 1. The number of nitrogens with one attached hydrogen (secondary N) is 2. The summed E-state index contributed by atoms with van der Waals surface area (Å²) < 4.78 is 11.1. The number of ether oxygens (including phenoxy) is 2. The Labute approximate surface area is 197 Å². The SMILES string of the molecule is COCCCN1Cc2ccc(Oc3ccc(N4CCCC45C(=O)NC(=O)NC5=O)cn3)cc2C1. The van der Waals surface area contributed by atoms with Crippen molar-refractivity contribution in [1.82, 2.24) is 20.5 Å². The minimum absolute atomic E-state index is 0.327. The van der Waals surface area contributed by atoms with E-state index in [0.717, 1.165) is 32.7 Å². The quantitative estimate of drug-likeness (QED) is 0.471. The number of anilines is 1. The van der Waals surface area contributed by atoms with Crippen LogP contribution in [0, 0.1) is 0 Å². The highest BCUT2D eigenvalue weighted by Gasteiger charge is 2.57. The number of benzene rings is 1. The topological polar surface area (TPSA) is 113 Å². The molecule has 0 bridgehead atoms.